The highest BCUT2D eigenvalue weighted by Gasteiger charge is 2.25. The van der Waals surface area contributed by atoms with E-state index >= 15 is 4.39 Å². The Kier molecular flexibility index (Phi) is 5.54. The quantitative estimate of drug-likeness (QED) is 0.338. The fourth-order valence-corrected chi connectivity index (χ4v) is 5.22. The number of fused-ring (bicyclic) bond motifs is 3. The second kappa shape index (κ2) is 8.76. The first-order valence-electron chi connectivity index (χ1n) is 11.8. The van der Waals surface area contributed by atoms with E-state index in [1.54, 1.807) is 6.20 Å². The van der Waals surface area contributed by atoms with Crippen LogP contribution in [0.25, 0.3) is 22.0 Å². The van der Waals surface area contributed by atoms with Crippen molar-refractivity contribution in [3.63, 3.8) is 0 Å². The van der Waals surface area contributed by atoms with Crippen molar-refractivity contribution in [3.8, 4) is 17.0 Å². The lowest BCUT2D eigenvalue weighted by Gasteiger charge is -2.25. The number of pyridine rings is 1. The van der Waals surface area contributed by atoms with Crippen LogP contribution in [0.5, 0.6) is 5.88 Å². The zero-order chi connectivity index (χ0) is 25.0. The van der Waals surface area contributed by atoms with Gasteiger partial charge in [0.1, 0.15) is 12.3 Å². The van der Waals surface area contributed by atoms with Crippen LogP contribution < -0.4 is 21.1 Å². The standard InChI is InChI=1S/C26H25ClFN7O/c1-13-17(10-31-25-23(13)30-6-8-36-25)19-20(27)24-18(22(29)21(19)28)11-32-26(34-24)33-16-4-3-14-5-7-35(2)12-15(14)9-16/h3-4,9-11,30H,5-8,12,29H2,1-2H3,(H,32,33,34). The summed E-state index contributed by atoms with van der Waals surface area (Å²) in [5.74, 6) is 0.205. The molecule has 0 radical (unpaired) electrons. The predicted molar refractivity (Wildman–Crippen MR) is 141 cm³/mol. The van der Waals surface area contributed by atoms with Crippen molar-refractivity contribution >= 4 is 45.5 Å². The van der Waals surface area contributed by atoms with Crippen LogP contribution in [0.4, 0.5) is 27.4 Å². The minimum atomic E-state index is -0.628. The molecule has 0 amide bonds. The van der Waals surface area contributed by atoms with E-state index < -0.39 is 5.82 Å². The highest BCUT2D eigenvalue weighted by Crippen LogP contribution is 2.44. The van der Waals surface area contributed by atoms with Gasteiger partial charge in [-0.1, -0.05) is 17.7 Å². The van der Waals surface area contributed by atoms with Gasteiger partial charge in [-0.3, -0.25) is 0 Å². The average Bonchev–Trinajstić information content (AvgIpc) is 2.88. The highest BCUT2D eigenvalue weighted by atomic mass is 35.5. The molecule has 0 saturated carbocycles. The third-order valence-corrected chi connectivity index (χ3v) is 7.21. The molecule has 6 rings (SSSR count). The number of nitrogens with two attached hydrogens (primary N) is 1. The number of halogens is 2. The Morgan fingerprint density at radius 3 is 2.94 bits per heavy atom. The van der Waals surface area contributed by atoms with Gasteiger partial charge in [-0.25, -0.2) is 19.3 Å². The number of nitrogen functional groups attached to an aromatic ring is 1. The Hall–Kier alpha value is -3.69. The van der Waals surface area contributed by atoms with Gasteiger partial charge in [0.25, 0.3) is 0 Å². The molecule has 36 heavy (non-hydrogen) atoms. The zero-order valence-electron chi connectivity index (χ0n) is 20.0. The molecule has 2 aliphatic heterocycles. The topological polar surface area (TPSA) is 101 Å². The molecule has 10 heteroatoms. The minimum Gasteiger partial charge on any atom is -0.474 e. The van der Waals surface area contributed by atoms with Crippen LogP contribution in [-0.4, -0.2) is 46.6 Å². The Morgan fingerprint density at radius 1 is 1.22 bits per heavy atom. The number of hydrogen-bond donors (Lipinski definition) is 3. The number of anilines is 4. The smallest absolute Gasteiger partial charge is 0.237 e. The first-order valence-corrected chi connectivity index (χ1v) is 12.2. The Bertz CT molecular complexity index is 1530. The van der Waals surface area contributed by atoms with Gasteiger partial charge in [0, 0.05) is 54.2 Å². The van der Waals surface area contributed by atoms with Crippen molar-refractivity contribution in [1.29, 1.82) is 0 Å². The molecule has 4 N–H and O–H groups in total. The van der Waals surface area contributed by atoms with Gasteiger partial charge >= 0.3 is 0 Å². The van der Waals surface area contributed by atoms with E-state index in [1.807, 2.05) is 13.0 Å². The van der Waals surface area contributed by atoms with E-state index in [2.05, 4.69) is 49.7 Å². The number of nitrogens with zero attached hydrogens (tertiary/aromatic N) is 4. The normalized spacial score (nSPS) is 15.1. The summed E-state index contributed by atoms with van der Waals surface area (Å²) >= 11 is 6.80. The third kappa shape index (κ3) is 3.75. The van der Waals surface area contributed by atoms with E-state index in [0.717, 1.165) is 36.4 Å². The van der Waals surface area contributed by atoms with Crippen LogP contribution in [-0.2, 0) is 13.0 Å². The first-order chi connectivity index (χ1) is 17.4. The van der Waals surface area contributed by atoms with E-state index in [0.29, 0.717) is 41.4 Å². The molecule has 0 saturated heterocycles. The summed E-state index contributed by atoms with van der Waals surface area (Å²) in [6, 6.07) is 6.26. The van der Waals surface area contributed by atoms with Crippen molar-refractivity contribution in [1.82, 2.24) is 19.9 Å². The predicted octanol–water partition coefficient (Wildman–Crippen LogP) is 4.91. The average molecular weight is 506 g/mol. The lowest BCUT2D eigenvalue weighted by atomic mass is 9.98. The number of hydrogen-bond acceptors (Lipinski definition) is 8. The van der Waals surface area contributed by atoms with Crippen molar-refractivity contribution in [2.75, 3.05) is 43.1 Å². The van der Waals surface area contributed by atoms with Crippen LogP contribution in [0.3, 0.4) is 0 Å². The SMILES string of the molecule is Cc1c(-c2c(F)c(N)c3cnc(Nc4ccc5c(c4)CN(C)CC5)nc3c2Cl)cnc2c1NCCO2. The number of rotatable bonds is 3. The Labute approximate surface area is 212 Å². The summed E-state index contributed by atoms with van der Waals surface area (Å²) in [5.41, 5.74) is 12.2. The van der Waals surface area contributed by atoms with Gasteiger partial charge in [0.2, 0.25) is 11.8 Å². The maximum Gasteiger partial charge on any atom is 0.237 e. The van der Waals surface area contributed by atoms with E-state index in [-0.39, 0.29) is 16.3 Å². The second-order valence-electron chi connectivity index (χ2n) is 9.22. The lowest BCUT2D eigenvalue weighted by molar-refractivity contribution is 0.310. The zero-order valence-corrected chi connectivity index (χ0v) is 20.7. The highest BCUT2D eigenvalue weighted by molar-refractivity contribution is 6.38. The summed E-state index contributed by atoms with van der Waals surface area (Å²) in [5, 5.41) is 7.03. The monoisotopic (exact) mass is 505 g/mol. The Balaban J connectivity index is 1.43. The third-order valence-electron chi connectivity index (χ3n) is 6.84. The molecule has 0 unspecified atom stereocenters. The van der Waals surface area contributed by atoms with Crippen LogP contribution >= 0.6 is 11.6 Å². The van der Waals surface area contributed by atoms with Crippen molar-refractivity contribution in [2.24, 2.45) is 0 Å². The Morgan fingerprint density at radius 2 is 2.08 bits per heavy atom. The summed E-state index contributed by atoms with van der Waals surface area (Å²) < 4.78 is 21.2. The summed E-state index contributed by atoms with van der Waals surface area (Å²) in [7, 11) is 2.11. The summed E-state index contributed by atoms with van der Waals surface area (Å²) in [6.07, 6.45) is 4.08. The second-order valence-corrected chi connectivity index (χ2v) is 9.60. The van der Waals surface area contributed by atoms with Crippen molar-refractivity contribution in [2.45, 2.75) is 19.9 Å². The van der Waals surface area contributed by atoms with Crippen molar-refractivity contribution in [3.05, 3.63) is 58.1 Å². The van der Waals surface area contributed by atoms with Crippen LogP contribution in [0, 0.1) is 12.7 Å². The molecule has 2 aliphatic rings. The van der Waals surface area contributed by atoms with Crippen LogP contribution in [0.2, 0.25) is 5.02 Å². The van der Waals surface area contributed by atoms with Gasteiger partial charge in [0.15, 0.2) is 5.82 Å². The summed E-state index contributed by atoms with van der Waals surface area (Å²) in [6.45, 7) is 4.96. The largest absolute Gasteiger partial charge is 0.474 e. The molecule has 8 nitrogen and oxygen atoms in total. The number of benzene rings is 2. The number of likely N-dealkylation sites (N-methyl/N-ethyl adjacent to an activating group) is 1. The summed E-state index contributed by atoms with van der Waals surface area (Å²) in [4.78, 5) is 15.7. The molecule has 0 aliphatic carbocycles. The molecule has 4 heterocycles. The van der Waals surface area contributed by atoms with E-state index in [1.165, 1.54) is 17.3 Å². The minimum absolute atomic E-state index is 0.0610. The lowest BCUT2D eigenvalue weighted by Crippen LogP contribution is -2.26. The molecule has 4 aromatic rings. The fraction of sp³-hybridized carbons (Fsp3) is 0.269. The maximum atomic E-state index is 15.6. The maximum absolute atomic E-state index is 15.6. The van der Waals surface area contributed by atoms with Crippen LogP contribution in [0.15, 0.2) is 30.6 Å². The molecule has 0 fully saturated rings. The molecule has 0 atom stereocenters. The molecule has 0 bridgehead atoms. The molecule has 2 aromatic heterocycles. The number of ether oxygens (including phenoxy) is 1. The molecule has 2 aromatic carbocycles. The van der Waals surface area contributed by atoms with Gasteiger partial charge in [-0.15, -0.1) is 0 Å². The van der Waals surface area contributed by atoms with Gasteiger partial charge in [0.05, 0.1) is 16.2 Å². The van der Waals surface area contributed by atoms with Gasteiger partial charge in [-0.2, -0.15) is 0 Å². The number of nitrogens with one attached hydrogen (secondary N) is 2. The van der Waals surface area contributed by atoms with Gasteiger partial charge < -0.3 is 26.0 Å². The molecular weight excluding hydrogens is 481 g/mol. The van der Waals surface area contributed by atoms with Crippen molar-refractivity contribution < 1.29 is 9.13 Å². The molecule has 0 spiro atoms. The van der Waals surface area contributed by atoms with Gasteiger partial charge in [-0.05, 0) is 49.2 Å². The fourth-order valence-electron chi connectivity index (χ4n) is 4.89. The van der Waals surface area contributed by atoms with E-state index in [9.17, 15) is 0 Å². The van der Waals surface area contributed by atoms with Crippen LogP contribution in [0.1, 0.15) is 16.7 Å². The molecular formula is C26H25ClFN7O. The van der Waals surface area contributed by atoms with E-state index in [4.69, 9.17) is 22.1 Å². The number of aromatic nitrogens is 3. The first kappa shape index (κ1) is 22.8. The molecule has 184 valence electrons.